The van der Waals surface area contributed by atoms with Crippen LogP contribution in [-0.4, -0.2) is 0 Å². The van der Waals surface area contributed by atoms with Crippen molar-refractivity contribution < 1.29 is 8.78 Å². The molecule has 0 aliphatic rings. The van der Waals surface area contributed by atoms with Crippen LogP contribution in [0.2, 0.25) is 5.02 Å². The number of halogens is 5. The minimum absolute atomic E-state index is 0.172. The molecule has 2 N–H and O–H groups in total. The molecule has 1 nitrogen and oxygen atoms in total. The maximum absolute atomic E-state index is 14.0. The van der Waals surface area contributed by atoms with Crippen LogP contribution in [0.25, 0.3) is 0 Å². The predicted molar refractivity (Wildman–Crippen MR) is 84.3 cm³/mol. The first-order chi connectivity index (χ1) is 8.91. The molecule has 2 rings (SSSR count). The van der Waals surface area contributed by atoms with Crippen LogP contribution in [0.3, 0.4) is 0 Å². The molecule has 0 heterocycles. The van der Waals surface area contributed by atoms with Crippen molar-refractivity contribution in [1.29, 1.82) is 0 Å². The second-order valence-corrected chi connectivity index (χ2v) is 6.35. The molecule has 0 saturated heterocycles. The van der Waals surface area contributed by atoms with Gasteiger partial charge in [-0.1, -0.05) is 11.6 Å². The molecular weight excluding hydrogens is 450 g/mol. The summed E-state index contributed by atoms with van der Waals surface area (Å²) in [6.07, 6.45) is 0. The molecule has 100 valence electrons. The second-order valence-electron chi connectivity index (χ2n) is 3.90. The highest BCUT2D eigenvalue weighted by atomic mass is 127. The van der Waals surface area contributed by atoms with Crippen molar-refractivity contribution in [3.05, 3.63) is 66.2 Å². The van der Waals surface area contributed by atoms with Crippen molar-refractivity contribution in [3.63, 3.8) is 0 Å². The van der Waals surface area contributed by atoms with Gasteiger partial charge in [0.15, 0.2) is 0 Å². The quantitative estimate of drug-likeness (QED) is 0.496. The Hall–Kier alpha value is -0.240. The van der Waals surface area contributed by atoms with Crippen LogP contribution in [-0.2, 0) is 0 Å². The van der Waals surface area contributed by atoms with E-state index in [1.54, 1.807) is 18.2 Å². The van der Waals surface area contributed by atoms with E-state index < -0.39 is 17.7 Å². The summed E-state index contributed by atoms with van der Waals surface area (Å²) in [5.41, 5.74) is 6.41. The average Bonchev–Trinajstić information content (AvgIpc) is 2.37. The Morgan fingerprint density at radius 3 is 2.58 bits per heavy atom. The van der Waals surface area contributed by atoms with Gasteiger partial charge in [-0.05, 0) is 74.4 Å². The zero-order valence-corrected chi connectivity index (χ0v) is 13.9. The zero-order valence-electron chi connectivity index (χ0n) is 9.43. The molecule has 0 aromatic heterocycles. The summed E-state index contributed by atoms with van der Waals surface area (Å²) in [7, 11) is 0. The van der Waals surface area contributed by atoms with E-state index in [1.165, 1.54) is 12.1 Å². The molecular formula is C13H8BrClF2IN. The molecule has 1 atom stereocenters. The molecule has 2 aromatic rings. The second kappa shape index (κ2) is 6.03. The first-order valence-corrected chi connectivity index (χ1v) is 7.50. The molecule has 0 saturated carbocycles. The summed E-state index contributed by atoms with van der Waals surface area (Å²) in [5, 5.41) is 0.474. The Kier molecular flexibility index (Phi) is 4.81. The molecule has 0 aliphatic carbocycles. The molecule has 2 aromatic carbocycles. The Labute approximate surface area is 136 Å². The number of nitrogens with two attached hydrogens (primary N) is 1. The van der Waals surface area contributed by atoms with Crippen LogP contribution in [0.1, 0.15) is 17.2 Å². The van der Waals surface area contributed by atoms with Crippen molar-refractivity contribution >= 4 is 50.1 Å². The Morgan fingerprint density at radius 2 is 1.89 bits per heavy atom. The fourth-order valence-corrected chi connectivity index (χ4v) is 2.93. The SMILES string of the molecule is NC(c1cc(Cl)ccc1I)c1c(F)ccc(Br)c1F. The van der Waals surface area contributed by atoms with Gasteiger partial charge >= 0.3 is 0 Å². The van der Waals surface area contributed by atoms with Gasteiger partial charge in [-0.2, -0.15) is 0 Å². The lowest BCUT2D eigenvalue weighted by atomic mass is 9.98. The Bertz CT molecular complexity index is 636. The Balaban J connectivity index is 2.59. The van der Waals surface area contributed by atoms with Gasteiger partial charge in [-0.3, -0.25) is 0 Å². The minimum atomic E-state index is -0.914. The lowest BCUT2D eigenvalue weighted by Gasteiger charge is -2.17. The predicted octanol–water partition coefficient (Wildman–Crippen LogP) is 5.03. The van der Waals surface area contributed by atoms with Crippen molar-refractivity contribution in [2.24, 2.45) is 5.73 Å². The van der Waals surface area contributed by atoms with E-state index in [-0.39, 0.29) is 10.0 Å². The van der Waals surface area contributed by atoms with Gasteiger partial charge in [0, 0.05) is 14.2 Å². The van der Waals surface area contributed by atoms with E-state index in [9.17, 15) is 8.78 Å². The monoisotopic (exact) mass is 457 g/mol. The molecule has 0 bridgehead atoms. The molecule has 0 fully saturated rings. The van der Waals surface area contributed by atoms with Crippen molar-refractivity contribution in [3.8, 4) is 0 Å². The lowest BCUT2D eigenvalue weighted by Crippen LogP contribution is -2.17. The third kappa shape index (κ3) is 3.09. The third-order valence-corrected chi connectivity index (χ3v) is 4.51. The van der Waals surface area contributed by atoms with Gasteiger partial charge in [0.05, 0.1) is 10.5 Å². The fourth-order valence-electron chi connectivity index (χ4n) is 1.74. The number of hydrogen-bond donors (Lipinski definition) is 1. The number of rotatable bonds is 2. The molecule has 0 spiro atoms. The van der Waals surface area contributed by atoms with E-state index in [0.717, 1.165) is 3.57 Å². The van der Waals surface area contributed by atoms with Gasteiger partial charge in [0.2, 0.25) is 0 Å². The van der Waals surface area contributed by atoms with Crippen LogP contribution in [0.15, 0.2) is 34.8 Å². The largest absolute Gasteiger partial charge is 0.320 e. The number of hydrogen-bond acceptors (Lipinski definition) is 1. The highest BCUT2D eigenvalue weighted by Gasteiger charge is 2.22. The number of benzene rings is 2. The van der Waals surface area contributed by atoms with E-state index in [0.29, 0.717) is 10.6 Å². The zero-order chi connectivity index (χ0) is 14.2. The first kappa shape index (κ1) is 15.2. The van der Waals surface area contributed by atoms with E-state index >= 15 is 0 Å². The van der Waals surface area contributed by atoms with Crippen LogP contribution >= 0.6 is 50.1 Å². The summed E-state index contributed by atoms with van der Waals surface area (Å²) >= 11 is 11.0. The van der Waals surface area contributed by atoms with Gasteiger partial charge < -0.3 is 5.73 Å². The molecule has 0 amide bonds. The molecule has 19 heavy (non-hydrogen) atoms. The van der Waals surface area contributed by atoms with Crippen molar-refractivity contribution in [1.82, 2.24) is 0 Å². The minimum Gasteiger partial charge on any atom is -0.320 e. The van der Waals surface area contributed by atoms with Gasteiger partial charge in [-0.25, -0.2) is 8.78 Å². The van der Waals surface area contributed by atoms with Crippen LogP contribution < -0.4 is 5.73 Å². The van der Waals surface area contributed by atoms with E-state index in [4.69, 9.17) is 17.3 Å². The molecule has 1 unspecified atom stereocenters. The first-order valence-electron chi connectivity index (χ1n) is 5.25. The summed E-state index contributed by atoms with van der Waals surface area (Å²) in [6.45, 7) is 0. The van der Waals surface area contributed by atoms with Crippen LogP contribution in [0.4, 0.5) is 8.78 Å². The lowest BCUT2D eigenvalue weighted by molar-refractivity contribution is 0.539. The van der Waals surface area contributed by atoms with Crippen molar-refractivity contribution in [2.45, 2.75) is 6.04 Å². The molecule has 6 heteroatoms. The van der Waals surface area contributed by atoms with E-state index in [1.807, 2.05) is 0 Å². The topological polar surface area (TPSA) is 26.0 Å². The summed E-state index contributed by atoms with van der Waals surface area (Å²) in [4.78, 5) is 0. The van der Waals surface area contributed by atoms with Gasteiger partial charge in [0.1, 0.15) is 11.6 Å². The molecule has 0 radical (unpaired) electrons. The maximum atomic E-state index is 14.0. The highest BCUT2D eigenvalue weighted by Crippen LogP contribution is 2.32. The average molecular weight is 458 g/mol. The fraction of sp³-hybridized carbons (Fsp3) is 0.0769. The van der Waals surface area contributed by atoms with Crippen LogP contribution in [0.5, 0.6) is 0 Å². The normalized spacial score (nSPS) is 12.5. The summed E-state index contributed by atoms with van der Waals surface area (Å²) < 4.78 is 28.8. The smallest absolute Gasteiger partial charge is 0.145 e. The molecule has 0 aliphatic heterocycles. The van der Waals surface area contributed by atoms with Gasteiger partial charge in [0.25, 0.3) is 0 Å². The van der Waals surface area contributed by atoms with E-state index in [2.05, 4.69) is 38.5 Å². The summed E-state index contributed by atoms with van der Waals surface area (Å²) in [6, 6.07) is 6.65. The third-order valence-electron chi connectivity index (χ3n) is 2.68. The maximum Gasteiger partial charge on any atom is 0.145 e. The standard InChI is InChI=1S/C13H8BrClF2IN/c14-8-2-3-9(16)11(12(8)17)13(19)7-5-6(15)1-4-10(7)18/h1-5,13H,19H2. The summed E-state index contributed by atoms with van der Waals surface area (Å²) in [5.74, 6) is -1.37. The van der Waals surface area contributed by atoms with Gasteiger partial charge in [-0.15, -0.1) is 0 Å². The van der Waals surface area contributed by atoms with Crippen LogP contribution in [0, 0.1) is 15.2 Å². The Morgan fingerprint density at radius 1 is 1.21 bits per heavy atom. The highest BCUT2D eigenvalue weighted by molar-refractivity contribution is 14.1. The van der Waals surface area contributed by atoms with Crippen molar-refractivity contribution in [2.75, 3.05) is 0 Å².